The van der Waals surface area contributed by atoms with Gasteiger partial charge in [0.05, 0.1) is 0 Å². The number of aryl methyl sites for hydroxylation is 2. The largest absolute Gasteiger partial charge is 0.330 e. The number of nitrogens with two attached hydrogens (primary N) is 1. The third kappa shape index (κ3) is 2.56. The number of nitrogens with zero attached hydrogens (tertiary/aromatic N) is 1. The predicted octanol–water partition coefficient (Wildman–Crippen LogP) is 3.18. The minimum atomic E-state index is 0.562. The van der Waals surface area contributed by atoms with E-state index in [1.807, 2.05) is 0 Å². The van der Waals surface area contributed by atoms with Crippen LogP contribution in [-0.4, -0.2) is 24.0 Å². The van der Waals surface area contributed by atoms with Gasteiger partial charge in [-0.2, -0.15) is 0 Å². The summed E-state index contributed by atoms with van der Waals surface area (Å²) in [5.41, 5.74) is 10.4. The third-order valence-electron chi connectivity index (χ3n) is 4.86. The monoisotopic (exact) mass is 258 g/mol. The van der Waals surface area contributed by atoms with Crippen molar-refractivity contribution >= 4 is 0 Å². The zero-order chi connectivity index (χ0) is 13.4. The van der Waals surface area contributed by atoms with Crippen LogP contribution in [0.4, 0.5) is 0 Å². The van der Waals surface area contributed by atoms with Crippen LogP contribution in [0, 0.1) is 19.8 Å². The van der Waals surface area contributed by atoms with Gasteiger partial charge < -0.3 is 5.73 Å². The van der Waals surface area contributed by atoms with Crippen molar-refractivity contribution in [3.63, 3.8) is 0 Å². The molecule has 3 rings (SSSR count). The summed E-state index contributed by atoms with van der Waals surface area (Å²) in [5, 5.41) is 0. The van der Waals surface area contributed by atoms with Crippen molar-refractivity contribution in [2.75, 3.05) is 13.1 Å². The summed E-state index contributed by atoms with van der Waals surface area (Å²) >= 11 is 0. The maximum atomic E-state index is 6.07. The van der Waals surface area contributed by atoms with E-state index >= 15 is 0 Å². The van der Waals surface area contributed by atoms with Gasteiger partial charge in [-0.15, -0.1) is 0 Å². The molecular formula is C17H26N2. The second-order valence-corrected chi connectivity index (χ2v) is 6.41. The maximum Gasteiger partial charge on any atom is 0.0393 e. The van der Waals surface area contributed by atoms with Crippen LogP contribution >= 0.6 is 0 Å². The van der Waals surface area contributed by atoms with Gasteiger partial charge in [-0.25, -0.2) is 0 Å². The Labute approximate surface area is 117 Å². The van der Waals surface area contributed by atoms with Gasteiger partial charge in [0.2, 0.25) is 0 Å². The van der Waals surface area contributed by atoms with Gasteiger partial charge in [0.25, 0.3) is 0 Å². The second-order valence-electron chi connectivity index (χ2n) is 6.41. The Morgan fingerprint density at radius 1 is 1.21 bits per heavy atom. The smallest absolute Gasteiger partial charge is 0.0393 e. The Kier molecular flexibility index (Phi) is 3.64. The lowest BCUT2D eigenvalue weighted by Gasteiger charge is -2.42. The minimum absolute atomic E-state index is 0.562. The Morgan fingerprint density at radius 2 is 2.00 bits per heavy atom. The van der Waals surface area contributed by atoms with Gasteiger partial charge in [-0.05, 0) is 69.7 Å². The van der Waals surface area contributed by atoms with E-state index in [0.29, 0.717) is 12.0 Å². The summed E-state index contributed by atoms with van der Waals surface area (Å²) in [5.74, 6) is 0.635. The Hall–Kier alpha value is -0.860. The molecule has 2 fully saturated rings. The first kappa shape index (κ1) is 13.1. The molecule has 1 aromatic rings. The molecule has 19 heavy (non-hydrogen) atoms. The number of benzene rings is 1. The molecule has 0 bridgehead atoms. The Morgan fingerprint density at radius 3 is 2.63 bits per heavy atom. The number of hydrogen-bond acceptors (Lipinski definition) is 2. The first-order valence-electron chi connectivity index (χ1n) is 7.73. The van der Waals surface area contributed by atoms with Crippen LogP contribution < -0.4 is 5.73 Å². The Balaban J connectivity index is 1.95. The first-order chi connectivity index (χ1) is 9.20. The normalized spacial score (nSPS) is 28.6. The highest BCUT2D eigenvalue weighted by atomic mass is 15.2. The van der Waals surface area contributed by atoms with Crippen molar-refractivity contribution in [2.24, 2.45) is 11.7 Å². The zero-order valence-electron chi connectivity index (χ0n) is 12.2. The number of piperidine rings is 1. The SMILES string of the molecule is Cc1ccc(C2C(CN)CCCN2C2CC2)c(C)c1. The van der Waals surface area contributed by atoms with E-state index in [4.69, 9.17) is 5.73 Å². The zero-order valence-corrected chi connectivity index (χ0v) is 12.2. The van der Waals surface area contributed by atoms with Crippen LogP contribution in [0.5, 0.6) is 0 Å². The van der Waals surface area contributed by atoms with E-state index in [1.165, 1.54) is 48.9 Å². The van der Waals surface area contributed by atoms with E-state index in [1.54, 1.807) is 0 Å². The highest BCUT2D eigenvalue weighted by Gasteiger charge is 2.40. The van der Waals surface area contributed by atoms with E-state index in [-0.39, 0.29) is 0 Å². The van der Waals surface area contributed by atoms with Crippen molar-refractivity contribution in [3.8, 4) is 0 Å². The van der Waals surface area contributed by atoms with Crippen molar-refractivity contribution < 1.29 is 0 Å². The van der Waals surface area contributed by atoms with Gasteiger partial charge in [0, 0.05) is 12.1 Å². The molecule has 2 aliphatic rings. The van der Waals surface area contributed by atoms with Crippen LogP contribution in [0.3, 0.4) is 0 Å². The van der Waals surface area contributed by atoms with E-state index < -0.39 is 0 Å². The fourth-order valence-corrected chi connectivity index (χ4v) is 3.76. The third-order valence-corrected chi connectivity index (χ3v) is 4.86. The standard InChI is InChI=1S/C17H26N2/c1-12-5-8-16(13(2)10-12)17-14(11-18)4-3-9-19(17)15-6-7-15/h5,8,10,14-15,17H,3-4,6-7,9,11,18H2,1-2H3. The van der Waals surface area contributed by atoms with Crippen LogP contribution in [-0.2, 0) is 0 Å². The lowest BCUT2D eigenvalue weighted by molar-refractivity contribution is 0.0875. The van der Waals surface area contributed by atoms with E-state index in [0.717, 1.165) is 12.6 Å². The fraction of sp³-hybridized carbons (Fsp3) is 0.647. The molecule has 0 spiro atoms. The predicted molar refractivity (Wildman–Crippen MR) is 80.2 cm³/mol. The van der Waals surface area contributed by atoms with E-state index in [9.17, 15) is 0 Å². The molecule has 1 saturated carbocycles. The molecule has 2 atom stereocenters. The molecule has 1 aliphatic heterocycles. The summed E-state index contributed by atoms with van der Waals surface area (Å²) in [7, 11) is 0. The molecule has 1 saturated heterocycles. The molecule has 1 aromatic carbocycles. The molecule has 104 valence electrons. The van der Waals surface area contributed by atoms with Crippen molar-refractivity contribution in [2.45, 2.75) is 51.6 Å². The van der Waals surface area contributed by atoms with E-state index in [2.05, 4.69) is 36.9 Å². The molecule has 1 heterocycles. The molecule has 0 radical (unpaired) electrons. The highest BCUT2D eigenvalue weighted by Crippen LogP contribution is 2.43. The number of likely N-dealkylation sites (tertiary alicyclic amines) is 1. The summed E-state index contributed by atoms with van der Waals surface area (Å²) in [6.07, 6.45) is 5.38. The molecule has 2 nitrogen and oxygen atoms in total. The molecule has 0 amide bonds. The Bertz CT molecular complexity index is 451. The molecule has 2 unspecified atom stereocenters. The summed E-state index contributed by atoms with van der Waals surface area (Å²) in [6.45, 7) is 6.52. The van der Waals surface area contributed by atoms with Crippen LogP contribution in [0.2, 0.25) is 0 Å². The topological polar surface area (TPSA) is 29.3 Å². The maximum absolute atomic E-state index is 6.07. The first-order valence-corrected chi connectivity index (χ1v) is 7.73. The molecular weight excluding hydrogens is 232 g/mol. The molecule has 0 aromatic heterocycles. The molecule has 2 N–H and O–H groups in total. The molecule has 1 aliphatic carbocycles. The quantitative estimate of drug-likeness (QED) is 0.902. The van der Waals surface area contributed by atoms with Crippen LogP contribution in [0.1, 0.15) is 48.4 Å². The van der Waals surface area contributed by atoms with Crippen molar-refractivity contribution in [1.82, 2.24) is 4.90 Å². The van der Waals surface area contributed by atoms with Gasteiger partial charge >= 0.3 is 0 Å². The van der Waals surface area contributed by atoms with Gasteiger partial charge in [-0.3, -0.25) is 4.90 Å². The minimum Gasteiger partial charge on any atom is -0.330 e. The van der Waals surface area contributed by atoms with Crippen molar-refractivity contribution in [1.29, 1.82) is 0 Å². The lowest BCUT2D eigenvalue weighted by Crippen LogP contribution is -2.43. The van der Waals surface area contributed by atoms with Crippen LogP contribution in [0.25, 0.3) is 0 Å². The number of hydrogen-bond donors (Lipinski definition) is 1. The van der Waals surface area contributed by atoms with Crippen LogP contribution in [0.15, 0.2) is 18.2 Å². The number of rotatable bonds is 3. The summed E-state index contributed by atoms with van der Waals surface area (Å²) < 4.78 is 0. The average molecular weight is 258 g/mol. The lowest BCUT2D eigenvalue weighted by atomic mass is 9.82. The van der Waals surface area contributed by atoms with Gasteiger partial charge in [0.1, 0.15) is 0 Å². The highest BCUT2D eigenvalue weighted by molar-refractivity contribution is 5.34. The molecule has 2 heteroatoms. The summed E-state index contributed by atoms with van der Waals surface area (Å²) in [6, 6.07) is 8.32. The second kappa shape index (κ2) is 5.26. The van der Waals surface area contributed by atoms with Crippen molar-refractivity contribution in [3.05, 3.63) is 34.9 Å². The van der Waals surface area contributed by atoms with Gasteiger partial charge in [0.15, 0.2) is 0 Å². The average Bonchev–Trinajstić information content (AvgIpc) is 3.22. The van der Waals surface area contributed by atoms with Gasteiger partial charge in [-0.1, -0.05) is 23.8 Å². The fourth-order valence-electron chi connectivity index (χ4n) is 3.76. The summed E-state index contributed by atoms with van der Waals surface area (Å²) in [4.78, 5) is 2.75.